The van der Waals surface area contributed by atoms with Gasteiger partial charge in [0.15, 0.2) is 11.5 Å². The van der Waals surface area contributed by atoms with Crippen LogP contribution in [0.25, 0.3) is 10.9 Å². The molecule has 1 atom stereocenters. The summed E-state index contributed by atoms with van der Waals surface area (Å²) in [4.78, 5) is 26.2. The Morgan fingerprint density at radius 2 is 1.65 bits per heavy atom. The Bertz CT molecular complexity index is 1710. The molecule has 9 nitrogen and oxygen atoms in total. The quantitative estimate of drug-likeness (QED) is 0.327. The maximum absolute atomic E-state index is 13.9. The second kappa shape index (κ2) is 10.7. The Morgan fingerprint density at radius 3 is 2.33 bits per heavy atom. The predicted molar refractivity (Wildman–Crippen MR) is 151 cm³/mol. The first-order chi connectivity index (χ1) is 19.1. The number of nitrogens with zero attached hydrogens (tertiary/aromatic N) is 1. The monoisotopic (exact) mass is 561 g/mol. The zero-order chi connectivity index (χ0) is 28.6. The van der Waals surface area contributed by atoms with Gasteiger partial charge in [-0.3, -0.25) is 9.59 Å². The van der Waals surface area contributed by atoms with E-state index in [2.05, 4.69) is 10.0 Å². The third kappa shape index (κ3) is 5.02. The van der Waals surface area contributed by atoms with Crippen molar-refractivity contribution in [3.63, 3.8) is 0 Å². The molecule has 4 aromatic rings. The van der Waals surface area contributed by atoms with Gasteiger partial charge in [-0.05, 0) is 65.9 Å². The number of sulfonamides is 1. The van der Waals surface area contributed by atoms with Gasteiger partial charge < -0.3 is 19.4 Å². The molecule has 10 heteroatoms. The lowest BCUT2D eigenvalue weighted by Gasteiger charge is -2.18. The van der Waals surface area contributed by atoms with Crippen LogP contribution >= 0.6 is 0 Å². The summed E-state index contributed by atoms with van der Waals surface area (Å²) in [5.74, 6) is -0.679. The maximum Gasteiger partial charge on any atom is 0.264 e. The molecule has 0 bridgehead atoms. The summed E-state index contributed by atoms with van der Waals surface area (Å²) in [6, 6.07) is 16.9. The number of hydrogen-bond donors (Lipinski definition) is 2. The molecule has 1 aliphatic heterocycles. The minimum Gasteiger partial charge on any atom is -0.454 e. The lowest BCUT2D eigenvalue weighted by molar-refractivity contribution is -0.119. The molecule has 208 valence electrons. The van der Waals surface area contributed by atoms with E-state index in [1.807, 2.05) is 31.5 Å². The van der Waals surface area contributed by atoms with E-state index in [1.54, 1.807) is 55.6 Å². The molecular weight excluding hydrogens is 530 g/mol. The van der Waals surface area contributed by atoms with Crippen molar-refractivity contribution in [2.45, 2.75) is 44.0 Å². The van der Waals surface area contributed by atoms with E-state index in [-0.39, 0.29) is 23.5 Å². The summed E-state index contributed by atoms with van der Waals surface area (Å²) in [6.07, 6.45) is 1.83. The number of aromatic nitrogens is 1. The van der Waals surface area contributed by atoms with Gasteiger partial charge in [0.1, 0.15) is 0 Å². The number of benzene rings is 3. The summed E-state index contributed by atoms with van der Waals surface area (Å²) in [7, 11) is -2.60. The van der Waals surface area contributed by atoms with Crippen LogP contribution in [-0.2, 0) is 21.4 Å². The Balaban J connectivity index is 1.61. The van der Waals surface area contributed by atoms with Crippen molar-refractivity contribution in [3.05, 3.63) is 89.1 Å². The predicted octanol–water partition coefficient (Wildman–Crippen LogP) is 4.51. The van der Waals surface area contributed by atoms with Gasteiger partial charge in [0.05, 0.1) is 10.8 Å². The second-order valence-corrected chi connectivity index (χ2v) is 11.6. The first-order valence-electron chi connectivity index (χ1n) is 13.0. The molecule has 2 amide bonds. The summed E-state index contributed by atoms with van der Waals surface area (Å²) in [5.41, 5.74) is 3.36. The summed E-state index contributed by atoms with van der Waals surface area (Å²) < 4.78 is 41.9. The summed E-state index contributed by atoms with van der Waals surface area (Å²) >= 11 is 0. The highest BCUT2D eigenvalue weighted by molar-refractivity contribution is 7.90. The van der Waals surface area contributed by atoms with Crippen LogP contribution in [0.5, 0.6) is 11.5 Å². The highest BCUT2D eigenvalue weighted by Crippen LogP contribution is 2.39. The maximum atomic E-state index is 13.9. The van der Waals surface area contributed by atoms with Gasteiger partial charge >= 0.3 is 0 Å². The summed E-state index contributed by atoms with van der Waals surface area (Å²) in [5, 5.41) is 3.35. The lowest BCUT2D eigenvalue weighted by atomic mass is 9.90. The number of aryl methyl sites for hydroxylation is 1. The fourth-order valence-corrected chi connectivity index (χ4v) is 5.94. The normalized spacial score (nSPS) is 13.4. The van der Waals surface area contributed by atoms with Gasteiger partial charge in [0.2, 0.25) is 12.7 Å². The zero-order valence-corrected chi connectivity index (χ0v) is 23.5. The van der Waals surface area contributed by atoms with E-state index < -0.39 is 21.8 Å². The van der Waals surface area contributed by atoms with Gasteiger partial charge in [0, 0.05) is 36.3 Å². The third-order valence-electron chi connectivity index (χ3n) is 7.14. The highest BCUT2D eigenvalue weighted by atomic mass is 32.2. The van der Waals surface area contributed by atoms with Crippen molar-refractivity contribution in [1.82, 2.24) is 14.6 Å². The van der Waals surface area contributed by atoms with Gasteiger partial charge in [-0.15, -0.1) is 0 Å². The van der Waals surface area contributed by atoms with E-state index in [0.717, 1.165) is 16.5 Å². The number of carbonyl (C=O) groups is 2. The zero-order valence-electron chi connectivity index (χ0n) is 22.7. The van der Waals surface area contributed by atoms with Crippen LogP contribution in [0.1, 0.15) is 59.7 Å². The number of nitrogens with one attached hydrogen (secondary N) is 2. The number of hydrogen-bond acceptors (Lipinski definition) is 6. The fourth-order valence-electron chi connectivity index (χ4n) is 4.94. The second-order valence-electron chi connectivity index (χ2n) is 9.92. The number of amides is 2. The van der Waals surface area contributed by atoms with Gasteiger partial charge in [0.25, 0.3) is 15.9 Å². The molecule has 0 spiro atoms. The molecular formula is C30H31N3O6S. The molecule has 1 aromatic heterocycles. The van der Waals surface area contributed by atoms with Crippen molar-refractivity contribution in [1.29, 1.82) is 0 Å². The fraction of sp³-hybridized carbons (Fsp3) is 0.267. The molecule has 0 radical (unpaired) electrons. The van der Waals surface area contributed by atoms with Crippen molar-refractivity contribution in [2.75, 3.05) is 13.8 Å². The largest absolute Gasteiger partial charge is 0.454 e. The van der Waals surface area contributed by atoms with E-state index in [1.165, 1.54) is 12.1 Å². The third-order valence-corrected chi connectivity index (χ3v) is 8.50. The van der Waals surface area contributed by atoms with Crippen molar-refractivity contribution >= 4 is 32.7 Å². The van der Waals surface area contributed by atoms with E-state index in [4.69, 9.17) is 9.47 Å². The molecule has 1 aliphatic rings. The molecule has 1 unspecified atom stereocenters. The molecule has 0 saturated heterocycles. The topological polar surface area (TPSA) is 116 Å². The highest BCUT2D eigenvalue weighted by Gasteiger charge is 2.31. The summed E-state index contributed by atoms with van der Waals surface area (Å²) in [6.45, 7) is 6.63. The minimum absolute atomic E-state index is 0.000827. The van der Waals surface area contributed by atoms with Crippen LogP contribution in [0, 0.1) is 0 Å². The minimum atomic E-state index is -4.16. The molecule has 2 N–H and O–H groups in total. The van der Waals surface area contributed by atoms with Crippen LogP contribution in [0.2, 0.25) is 0 Å². The number of fused-ring (bicyclic) bond motifs is 2. The average molecular weight is 562 g/mol. The molecule has 0 saturated carbocycles. The van der Waals surface area contributed by atoms with E-state index >= 15 is 0 Å². The lowest BCUT2D eigenvalue weighted by Crippen LogP contribution is -2.35. The Labute approximate surface area is 233 Å². The van der Waals surface area contributed by atoms with Crippen LogP contribution < -0.4 is 19.5 Å². The van der Waals surface area contributed by atoms with Gasteiger partial charge in [-0.25, -0.2) is 13.1 Å². The van der Waals surface area contributed by atoms with Crippen molar-refractivity contribution in [2.24, 2.45) is 0 Å². The Hall–Kier alpha value is -4.31. The standard InChI is InChI=1S/C30H31N3O6S/c1-5-33-16-24(23-12-8-21(14-25(23)33)29(34)31-4)28(20-9-13-26-27(15-20)39-17-38-26)30(35)32-40(36,37)22-10-6-19(7-11-22)18(2)3/h6-16,18,28H,5,17H2,1-4H3,(H,31,34)(H,32,35). The van der Waals surface area contributed by atoms with E-state index in [0.29, 0.717) is 34.7 Å². The Morgan fingerprint density at radius 1 is 0.950 bits per heavy atom. The van der Waals surface area contributed by atoms with Crippen LogP contribution in [-0.4, -0.2) is 38.6 Å². The number of rotatable bonds is 8. The SMILES string of the molecule is CCn1cc(C(C(=O)NS(=O)(=O)c2ccc(C(C)C)cc2)c2ccc3c(c2)OCO3)c2ccc(C(=O)NC)cc21. The first kappa shape index (κ1) is 27.3. The molecule has 40 heavy (non-hydrogen) atoms. The smallest absolute Gasteiger partial charge is 0.264 e. The number of ether oxygens (including phenoxy) is 2. The van der Waals surface area contributed by atoms with Gasteiger partial charge in [-0.1, -0.05) is 38.1 Å². The van der Waals surface area contributed by atoms with Crippen LogP contribution in [0.4, 0.5) is 0 Å². The molecule has 2 heterocycles. The van der Waals surface area contributed by atoms with Crippen LogP contribution in [0.3, 0.4) is 0 Å². The van der Waals surface area contributed by atoms with Crippen LogP contribution in [0.15, 0.2) is 71.8 Å². The first-order valence-corrected chi connectivity index (χ1v) is 14.5. The van der Waals surface area contributed by atoms with E-state index in [9.17, 15) is 18.0 Å². The van der Waals surface area contributed by atoms with Gasteiger partial charge in [-0.2, -0.15) is 0 Å². The molecule has 3 aromatic carbocycles. The number of carbonyl (C=O) groups excluding carboxylic acids is 2. The Kier molecular flexibility index (Phi) is 7.29. The molecule has 0 aliphatic carbocycles. The van der Waals surface area contributed by atoms with Crippen molar-refractivity contribution < 1.29 is 27.5 Å². The average Bonchev–Trinajstić information content (AvgIpc) is 3.56. The molecule has 0 fully saturated rings. The molecule has 5 rings (SSSR count). The van der Waals surface area contributed by atoms with Crippen molar-refractivity contribution in [3.8, 4) is 11.5 Å².